The van der Waals surface area contributed by atoms with Gasteiger partial charge in [0.05, 0.1) is 5.69 Å². The molecular weight excluding hydrogens is 209 g/mol. The van der Waals surface area contributed by atoms with Crippen LogP contribution in [0.2, 0.25) is 0 Å². The van der Waals surface area contributed by atoms with Crippen molar-refractivity contribution in [3.8, 4) is 0 Å². The van der Waals surface area contributed by atoms with Crippen molar-refractivity contribution >= 4 is 5.78 Å². The van der Waals surface area contributed by atoms with Gasteiger partial charge in [-0.2, -0.15) is 18.3 Å². The van der Waals surface area contributed by atoms with Gasteiger partial charge in [0.15, 0.2) is 0 Å². The Morgan fingerprint density at radius 3 is 2.53 bits per heavy atom. The highest BCUT2D eigenvalue weighted by Crippen LogP contribution is 2.20. The van der Waals surface area contributed by atoms with Gasteiger partial charge in [-0.1, -0.05) is 0 Å². The Kier molecular flexibility index (Phi) is 3.16. The average molecular weight is 220 g/mol. The second-order valence-electron chi connectivity index (χ2n) is 3.41. The molecule has 0 spiro atoms. The maximum absolute atomic E-state index is 11.9. The topological polar surface area (TPSA) is 34.9 Å². The molecule has 15 heavy (non-hydrogen) atoms. The van der Waals surface area contributed by atoms with Gasteiger partial charge >= 0.3 is 6.18 Å². The number of carbonyl (C=O) groups is 1. The normalized spacial score (nSPS) is 11.8. The molecule has 1 rings (SSSR count). The lowest BCUT2D eigenvalue weighted by Crippen LogP contribution is -2.17. The summed E-state index contributed by atoms with van der Waals surface area (Å²) in [5.74, 6) is -0.842. The van der Waals surface area contributed by atoms with Crippen molar-refractivity contribution in [1.29, 1.82) is 0 Å². The fourth-order valence-electron chi connectivity index (χ4n) is 1.32. The first-order chi connectivity index (χ1) is 6.78. The van der Waals surface area contributed by atoms with E-state index in [9.17, 15) is 18.0 Å². The van der Waals surface area contributed by atoms with Gasteiger partial charge < -0.3 is 0 Å². The van der Waals surface area contributed by atoms with Gasteiger partial charge in [0.1, 0.15) is 12.2 Å². The van der Waals surface area contributed by atoms with Gasteiger partial charge in [-0.25, -0.2) is 0 Å². The fourth-order valence-corrected chi connectivity index (χ4v) is 1.32. The number of carbonyl (C=O) groups excluding carboxylic acids is 1. The first-order valence-corrected chi connectivity index (χ1v) is 4.36. The van der Waals surface area contributed by atoms with Crippen LogP contribution in [0.5, 0.6) is 0 Å². The lowest BCUT2D eigenvalue weighted by Gasteiger charge is -2.05. The van der Waals surface area contributed by atoms with E-state index in [4.69, 9.17) is 0 Å². The number of hydrogen-bond donors (Lipinski definition) is 0. The third-order valence-electron chi connectivity index (χ3n) is 1.87. The zero-order valence-corrected chi connectivity index (χ0v) is 8.43. The van der Waals surface area contributed by atoms with E-state index in [1.165, 1.54) is 4.68 Å². The standard InChI is InChI=1S/C9H11F3N2O/c1-6-3-7(14(2)13-6)4-8(15)5-9(10,11)12/h3H,4-5H2,1-2H3. The molecule has 0 aliphatic carbocycles. The molecule has 0 radical (unpaired) electrons. The minimum atomic E-state index is -4.43. The molecule has 0 aliphatic heterocycles. The van der Waals surface area contributed by atoms with Crippen LogP contribution in [0.3, 0.4) is 0 Å². The van der Waals surface area contributed by atoms with Crippen LogP contribution in [0.4, 0.5) is 13.2 Å². The Morgan fingerprint density at radius 1 is 1.53 bits per heavy atom. The summed E-state index contributed by atoms with van der Waals surface area (Å²) in [5.41, 5.74) is 1.19. The Morgan fingerprint density at radius 2 is 2.13 bits per heavy atom. The van der Waals surface area contributed by atoms with Crippen molar-refractivity contribution in [2.75, 3.05) is 0 Å². The molecule has 3 nitrogen and oxygen atoms in total. The molecule has 0 fully saturated rings. The molecule has 0 bridgehead atoms. The largest absolute Gasteiger partial charge is 0.395 e. The van der Waals surface area contributed by atoms with Crippen LogP contribution < -0.4 is 0 Å². The fraction of sp³-hybridized carbons (Fsp3) is 0.556. The number of aromatic nitrogens is 2. The molecule has 6 heteroatoms. The van der Waals surface area contributed by atoms with Crippen LogP contribution >= 0.6 is 0 Å². The van der Waals surface area contributed by atoms with Crippen molar-refractivity contribution in [1.82, 2.24) is 9.78 Å². The van der Waals surface area contributed by atoms with Crippen molar-refractivity contribution in [3.63, 3.8) is 0 Å². The van der Waals surface area contributed by atoms with E-state index < -0.39 is 18.4 Å². The Hall–Kier alpha value is -1.33. The van der Waals surface area contributed by atoms with Gasteiger partial charge in [-0.3, -0.25) is 9.48 Å². The second-order valence-corrected chi connectivity index (χ2v) is 3.41. The van der Waals surface area contributed by atoms with E-state index in [1.54, 1.807) is 20.0 Å². The smallest absolute Gasteiger partial charge is 0.299 e. The summed E-state index contributed by atoms with van der Waals surface area (Å²) in [5, 5.41) is 3.94. The predicted molar refractivity (Wildman–Crippen MR) is 47.3 cm³/mol. The highest BCUT2D eigenvalue weighted by Gasteiger charge is 2.31. The molecule has 0 atom stereocenters. The molecule has 1 aromatic rings. The summed E-state index contributed by atoms with van der Waals surface area (Å²) in [4.78, 5) is 11.0. The number of aryl methyl sites for hydroxylation is 2. The molecule has 0 saturated carbocycles. The number of alkyl halides is 3. The molecule has 1 heterocycles. The highest BCUT2D eigenvalue weighted by atomic mass is 19.4. The number of halogens is 3. The number of Topliss-reactive ketones (excluding diaryl/α,β-unsaturated/α-hetero) is 1. The first kappa shape index (κ1) is 11.7. The Bertz CT molecular complexity index is 368. The van der Waals surface area contributed by atoms with Gasteiger partial charge in [0, 0.05) is 19.2 Å². The summed E-state index contributed by atoms with van der Waals surface area (Å²) in [6.07, 6.45) is -6.03. The molecule has 0 unspecified atom stereocenters. The van der Waals surface area contributed by atoms with Crippen LogP contribution in [-0.2, 0) is 18.3 Å². The molecular formula is C9H11F3N2O. The maximum atomic E-state index is 11.9. The minimum absolute atomic E-state index is 0.225. The molecule has 0 aliphatic rings. The summed E-state index contributed by atoms with van der Waals surface area (Å²) in [6, 6.07) is 1.61. The van der Waals surface area contributed by atoms with Crippen molar-refractivity contribution in [3.05, 3.63) is 17.5 Å². The van der Waals surface area contributed by atoms with Crippen molar-refractivity contribution in [2.24, 2.45) is 7.05 Å². The van der Waals surface area contributed by atoms with Crippen LogP contribution in [0.15, 0.2) is 6.07 Å². The van der Waals surface area contributed by atoms with Crippen molar-refractivity contribution in [2.45, 2.75) is 25.9 Å². The number of nitrogens with zero attached hydrogens (tertiary/aromatic N) is 2. The summed E-state index contributed by atoms with van der Waals surface area (Å²) in [7, 11) is 1.60. The zero-order chi connectivity index (χ0) is 11.6. The monoisotopic (exact) mass is 220 g/mol. The average Bonchev–Trinajstić information content (AvgIpc) is 2.25. The molecule has 84 valence electrons. The molecule has 0 saturated heterocycles. The van der Waals surface area contributed by atoms with E-state index in [0.717, 1.165) is 0 Å². The summed E-state index contributed by atoms with van der Waals surface area (Å²) < 4.78 is 37.0. The second kappa shape index (κ2) is 4.04. The number of hydrogen-bond acceptors (Lipinski definition) is 2. The van der Waals surface area contributed by atoms with Gasteiger partial charge in [-0.05, 0) is 13.0 Å². The van der Waals surface area contributed by atoms with Crippen LogP contribution in [0.25, 0.3) is 0 Å². The molecule has 0 amide bonds. The van der Waals surface area contributed by atoms with E-state index in [-0.39, 0.29) is 6.42 Å². The van der Waals surface area contributed by atoms with Crippen molar-refractivity contribution < 1.29 is 18.0 Å². The summed E-state index contributed by atoms with van der Waals surface area (Å²) >= 11 is 0. The van der Waals surface area contributed by atoms with Gasteiger partial charge in [-0.15, -0.1) is 0 Å². The predicted octanol–water partition coefficient (Wildman–Crippen LogP) is 1.79. The number of ketones is 1. The maximum Gasteiger partial charge on any atom is 0.395 e. The van der Waals surface area contributed by atoms with Crippen LogP contribution in [0, 0.1) is 6.92 Å². The minimum Gasteiger partial charge on any atom is -0.299 e. The van der Waals surface area contributed by atoms with Crippen LogP contribution in [-0.4, -0.2) is 21.7 Å². The highest BCUT2D eigenvalue weighted by molar-refractivity contribution is 5.81. The lowest BCUT2D eigenvalue weighted by molar-refractivity contribution is -0.151. The third kappa shape index (κ3) is 3.73. The van der Waals surface area contributed by atoms with E-state index in [1.807, 2.05) is 0 Å². The SMILES string of the molecule is Cc1cc(CC(=O)CC(F)(F)F)n(C)n1. The number of rotatable bonds is 3. The van der Waals surface area contributed by atoms with E-state index in [0.29, 0.717) is 11.4 Å². The van der Waals surface area contributed by atoms with E-state index >= 15 is 0 Å². The van der Waals surface area contributed by atoms with Gasteiger partial charge in [0.2, 0.25) is 0 Å². The summed E-state index contributed by atoms with van der Waals surface area (Å²) in [6.45, 7) is 1.72. The molecule has 0 aromatic carbocycles. The first-order valence-electron chi connectivity index (χ1n) is 4.36. The third-order valence-corrected chi connectivity index (χ3v) is 1.87. The Labute approximate surface area is 84.9 Å². The molecule has 1 aromatic heterocycles. The quantitative estimate of drug-likeness (QED) is 0.778. The van der Waals surface area contributed by atoms with Gasteiger partial charge in [0.25, 0.3) is 0 Å². The van der Waals surface area contributed by atoms with Crippen LogP contribution in [0.1, 0.15) is 17.8 Å². The zero-order valence-electron chi connectivity index (χ0n) is 8.43. The lowest BCUT2D eigenvalue weighted by atomic mass is 10.1. The molecule has 0 N–H and O–H groups in total. The Balaban J connectivity index is 2.63. The van der Waals surface area contributed by atoms with E-state index in [2.05, 4.69) is 5.10 Å².